The number of amides is 1. The fourth-order valence-electron chi connectivity index (χ4n) is 3.41. The fourth-order valence-corrected chi connectivity index (χ4v) is 3.41. The number of carbonyl (C=O) groups excluding carboxylic acids is 1. The molecule has 2 heterocycles. The van der Waals surface area contributed by atoms with Crippen LogP contribution in [0.5, 0.6) is 0 Å². The van der Waals surface area contributed by atoms with Gasteiger partial charge in [0.2, 0.25) is 11.5 Å². The monoisotopic (exact) mass is 388 g/mol. The van der Waals surface area contributed by atoms with E-state index < -0.39 is 16.4 Å². The first kappa shape index (κ1) is 17.0. The SMILES string of the molecule is O=C1Nc2ccc([N+](=O)[O-])cc2C1(O)c1nnc(-c2ccc3ccccc3c2)o1. The van der Waals surface area contributed by atoms with Crippen LogP contribution in [0.15, 0.2) is 65.1 Å². The average Bonchev–Trinajstić information content (AvgIpc) is 3.32. The van der Waals surface area contributed by atoms with Crippen LogP contribution >= 0.6 is 0 Å². The van der Waals surface area contributed by atoms with Gasteiger partial charge in [0.15, 0.2) is 0 Å². The zero-order valence-electron chi connectivity index (χ0n) is 14.7. The van der Waals surface area contributed by atoms with Crippen LogP contribution in [0.4, 0.5) is 11.4 Å². The molecule has 1 aliphatic rings. The van der Waals surface area contributed by atoms with E-state index in [0.29, 0.717) is 5.56 Å². The number of aromatic nitrogens is 2. The molecule has 0 radical (unpaired) electrons. The van der Waals surface area contributed by atoms with Gasteiger partial charge in [-0.05, 0) is 29.0 Å². The Labute approximate surface area is 162 Å². The van der Waals surface area contributed by atoms with Crippen molar-refractivity contribution in [3.05, 3.63) is 82.2 Å². The van der Waals surface area contributed by atoms with E-state index in [1.165, 1.54) is 12.1 Å². The van der Waals surface area contributed by atoms with Crippen LogP contribution in [0, 0.1) is 10.1 Å². The van der Waals surface area contributed by atoms with Crippen LogP contribution in [-0.4, -0.2) is 26.1 Å². The van der Waals surface area contributed by atoms with E-state index in [1.807, 2.05) is 36.4 Å². The Morgan fingerprint density at radius 1 is 1.03 bits per heavy atom. The topological polar surface area (TPSA) is 131 Å². The van der Waals surface area contributed by atoms with Crippen molar-refractivity contribution in [2.24, 2.45) is 0 Å². The maximum atomic E-state index is 12.5. The predicted molar refractivity (Wildman–Crippen MR) is 102 cm³/mol. The molecule has 1 atom stereocenters. The van der Waals surface area contributed by atoms with Crippen molar-refractivity contribution in [2.75, 3.05) is 5.32 Å². The van der Waals surface area contributed by atoms with Crippen molar-refractivity contribution in [1.29, 1.82) is 0 Å². The summed E-state index contributed by atoms with van der Waals surface area (Å²) >= 11 is 0. The summed E-state index contributed by atoms with van der Waals surface area (Å²) < 4.78 is 5.63. The summed E-state index contributed by atoms with van der Waals surface area (Å²) in [6.45, 7) is 0. The molecule has 0 spiro atoms. The van der Waals surface area contributed by atoms with Crippen LogP contribution in [0.1, 0.15) is 11.5 Å². The number of rotatable bonds is 3. The average molecular weight is 388 g/mol. The van der Waals surface area contributed by atoms with E-state index in [2.05, 4.69) is 15.5 Å². The molecule has 1 amide bonds. The Morgan fingerprint density at radius 3 is 2.62 bits per heavy atom. The van der Waals surface area contributed by atoms with Gasteiger partial charge >= 0.3 is 0 Å². The summed E-state index contributed by atoms with van der Waals surface area (Å²) in [5.74, 6) is -1.06. The second-order valence-electron chi connectivity index (χ2n) is 6.63. The summed E-state index contributed by atoms with van der Waals surface area (Å²) in [6, 6.07) is 17.0. The number of nitro groups is 1. The summed E-state index contributed by atoms with van der Waals surface area (Å²) in [4.78, 5) is 23.0. The van der Waals surface area contributed by atoms with Gasteiger partial charge in [0, 0.05) is 28.9 Å². The molecule has 0 aliphatic carbocycles. The normalized spacial score (nSPS) is 17.9. The summed E-state index contributed by atoms with van der Waals surface area (Å²) in [5, 5.41) is 34.5. The Morgan fingerprint density at radius 2 is 1.83 bits per heavy atom. The highest BCUT2D eigenvalue weighted by atomic mass is 16.6. The van der Waals surface area contributed by atoms with E-state index in [4.69, 9.17) is 4.42 Å². The molecule has 0 fully saturated rings. The lowest BCUT2D eigenvalue weighted by Gasteiger charge is -2.15. The van der Waals surface area contributed by atoms with E-state index in [-0.39, 0.29) is 28.7 Å². The number of fused-ring (bicyclic) bond motifs is 2. The number of carbonyl (C=O) groups is 1. The van der Waals surface area contributed by atoms with Crippen LogP contribution < -0.4 is 5.32 Å². The molecular weight excluding hydrogens is 376 g/mol. The molecule has 1 aliphatic heterocycles. The molecule has 142 valence electrons. The van der Waals surface area contributed by atoms with Crippen molar-refractivity contribution < 1.29 is 19.2 Å². The highest BCUT2D eigenvalue weighted by Crippen LogP contribution is 2.42. The van der Waals surface area contributed by atoms with Crippen molar-refractivity contribution in [3.8, 4) is 11.5 Å². The van der Waals surface area contributed by atoms with Crippen molar-refractivity contribution >= 4 is 28.1 Å². The lowest BCUT2D eigenvalue weighted by atomic mass is 9.95. The van der Waals surface area contributed by atoms with Crippen LogP contribution in [-0.2, 0) is 10.4 Å². The number of anilines is 1. The molecule has 0 saturated heterocycles. The molecule has 9 heteroatoms. The molecule has 5 rings (SSSR count). The lowest BCUT2D eigenvalue weighted by molar-refractivity contribution is -0.385. The second-order valence-corrected chi connectivity index (χ2v) is 6.63. The molecule has 2 N–H and O–H groups in total. The molecule has 1 aromatic heterocycles. The number of hydrogen-bond donors (Lipinski definition) is 2. The van der Waals surface area contributed by atoms with Gasteiger partial charge in [-0.2, -0.15) is 0 Å². The van der Waals surface area contributed by atoms with Crippen molar-refractivity contribution in [3.63, 3.8) is 0 Å². The molecule has 3 aromatic carbocycles. The van der Waals surface area contributed by atoms with Gasteiger partial charge in [0.1, 0.15) is 0 Å². The number of nitro benzene ring substituents is 1. The number of hydrogen-bond acceptors (Lipinski definition) is 7. The van der Waals surface area contributed by atoms with Crippen LogP contribution in [0.3, 0.4) is 0 Å². The molecule has 4 aromatic rings. The number of nitrogens with zero attached hydrogens (tertiary/aromatic N) is 3. The van der Waals surface area contributed by atoms with Crippen LogP contribution in [0.25, 0.3) is 22.2 Å². The van der Waals surface area contributed by atoms with E-state index in [0.717, 1.165) is 16.8 Å². The van der Waals surface area contributed by atoms with E-state index in [9.17, 15) is 20.0 Å². The lowest BCUT2D eigenvalue weighted by Crippen LogP contribution is -2.35. The van der Waals surface area contributed by atoms with Gasteiger partial charge in [-0.25, -0.2) is 0 Å². The van der Waals surface area contributed by atoms with Crippen molar-refractivity contribution in [1.82, 2.24) is 10.2 Å². The highest BCUT2D eigenvalue weighted by Gasteiger charge is 2.52. The number of nitrogens with one attached hydrogen (secondary N) is 1. The minimum Gasteiger partial charge on any atom is -0.417 e. The Bertz CT molecular complexity index is 1320. The van der Waals surface area contributed by atoms with Crippen molar-refractivity contribution in [2.45, 2.75) is 5.60 Å². The Balaban J connectivity index is 1.60. The Hall–Kier alpha value is -4.11. The summed E-state index contributed by atoms with van der Waals surface area (Å²) in [6.07, 6.45) is 0. The van der Waals surface area contributed by atoms with Crippen LogP contribution in [0.2, 0.25) is 0 Å². The van der Waals surface area contributed by atoms with E-state index in [1.54, 1.807) is 6.07 Å². The zero-order valence-corrected chi connectivity index (χ0v) is 14.7. The molecular formula is C20H12N4O5. The minimum absolute atomic E-state index is 0.00888. The van der Waals surface area contributed by atoms with Gasteiger partial charge in [0.05, 0.1) is 4.92 Å². The van der Waals surface area contributed by atoms with Gasteiger partial charge < -0.3 is 14.8 Å². The fraction of sp³-hybridized carbons (Fsp3) is 0.0500. The number of non-ortho nitro benzene ring substituents is 1. The third-order valence-corrected chi connectivity index (χ3v) is 4.91. The largest absolute Gasteiger partial charge is 0.417 e. The molecule has 0 saturated carbocycles. The highest BCUT2D eigenvalue weighted by molar-refractivity contribution is 6.06. The second kappa shape index (κ2) is 5.94. The van der Waals surface area contributed by atoms with Gasteiger partial charge in [0.25, 0.3) is 17.5 Å². The first-order chi connectivity index (χ1) is 14.0. The maximum Gasteiger partial charge on any atom is 0.271 e. The number of benzene rings is 3. The molecule has 0 bridgehead atoms. The quantitative estimate of drug-likeness (QED) is 0.407. The number of aliphatic hydroxyl groups is 1. The predicted octanol–water partition coefficient (Wildman–Crippen LogP) is 2.99. The van der Waals surface area contributed by atoms with Gasteiger partial charge in [-0.1, -0.05) is 30.3 Å². The first-order valence-corrected chi connectivity index (χ1v) is 8.63. The zero-order chi connectivity index (χ0) is 20.2. The minimum atomic E-state index is -2.32. The maximum absolute atomic E-state index is 12.5. The third-order valence-electron chi connectivity index (χ3n) is 4.91. The third kappa shape index (κ3) is 2.48. The smallest absolute Gasteiger partial charge is 0.271 e. The first-order valence-electron chi connectivity index (χ1n) is 8.63. The molecule has 29 heavy (non-hydrogen) atoms. The summed E-state index contributed by atoms with van der Waals surface area (Å²) in [5.41, 5.74) is -1.74. The molecule has 9 nitrogen and oxygen atoms in total. The van der Waals surface area contributed by atoms with E-state index >= 15 is 0 Å². The Kier molecular flexibility index (Phi) is 3.49. The van der Waals surface area contributed by atoms with Gasteiger partial charge in [-0.3, -0.25) is 14.9 Å². The summed E-state index contributed by atoms with van der Waals surface area (Å²) in [7, 11) is 0. The van der Waals surface area contributed by atoms with Gasteiger partial charge in [-0.15, -0.1) is 10.2 Å². The molecule has 1 unspecified atom stereocenters. The standard InChI is InChI=1S/C20H12N4O5/c25-18-20(26,15-10-14(24(27)28)7-8-16(15)21-18)19-23-22-17(29-19)13-6-5-11-3-1-2-4-12(11)9-13/h1-10,26H,(H,21,25).